The fourth-order valence-electron chi connectivity index (χ4n) is 2.12. The molecular formula is C12H14N6O2S. The maximum atomic E-state index is 11.9. The molecular weight excluding hydrogens is 292 g/mol. The van der Waals surface area contributed by atoms with Gasteiger partial charge in [0.1, 0.15) is 0 Å². The highest BCUT2D eigenvalue weighted by atomic mass is 32.2. The van der Waals surface area contributed by atoms with Gasteiger partial charge in [-0.2, -0.15) is 4.98 Å². The number of nitrogens with one attached hydrogen (secondary N) is 1. The number of fused-ring (bicyclic) bond motifs is 1. The van der Waals surface area contributed by atoms with Gasteiger partial charge in [-0.05, 0) is 19.9 Å². The van der Waals surface area contributed by atoms with Crippen LogP contribution in [0.3, 0.4) is 0 Å². The van der Waals surface area contributed by atoms with E-state index >= 15 is 0 Å². The molecule has 2 aromatic heterocycles. The van der Waals surface area contributed by atoms with Gasteiger partial charge in [-0.1, -0.05) is 11.8 Å². The number of aryl methyl sites for hydroxylation is 2. The average Bonchev–Trinajstić information content (AvgIpc) is 3.02. The molecule has 0 atom stereocenters. The van der Waals surface area contributed by atoms with Crippen molar-refractivity contribution >= 4 is 29.5 Å². The van der Waals surface area contributed by atoms with Gasteiger partial charge in [-0.3, -0.25) is 9.69 Å². The lowest BCUT2D eigenvalue weighted by molar-refractivity contribution is -0.124. The summed E-state index contributed by atoms with van der Waals surface area (Å²) in [7, 11) is 0. The van der Waals surface area contributed by atoms with E-state index in [9.17, 15) is 9.59 Å². The first-order valence-electron chi connectivity index (χ1n) is 6.46. The Morgan fingerprint density at radius 1 is 1.43 bits per heavy atom. The number of amides is 3. The summed E-state index contributed by atoms with van der Waals surface area (Å²) >= 11 is 1.20. The first-order valence-corrected chi connectivity index (χ1v) is 7.45. The number of aromatic nitrogens is 4. The van der Waals surface area contributed by atoms with Gasteiger partial charge in [0.05, 0.1) is 5.75 Å². The minimum Gasteiger partial charge on any atom is -0.336 e. The summed E-state index contributed by atoms with van der Waals surface area (Å²) in [6.45, 7) is 4.73. The zero-order valence-electron chi connectivity index (χ0n) is 11.7. The molecule has 0 saturated carbocycles. The highest BCUT2D eigenvalue weighted by molar-refractivity contribution is 7.99. The number of nitrogens with zero attached hydrogens (tertiary/aromatic N) is 5. The van der Waals surface area contributed by atoms with Gasteiger partial charge < -0.3 is 5.32 Å². The van der Waals surface area contributed by atoms with Gasteiger partial charge in [-0.25, -0.2) is 14.3 Å². The second-order valence-corrected chi connectivity index (χ2v) is 5.65. The molecule has 9 heteroatoms. The van der Waals surface area contributed by atoms with Crippen LogP contribution in [0, 0.1) is 13.8 Å². The standard InChI is InChI=1S/C12H14N6O2S/c1-7-5-8(2)18-10(14-7)15-11(16-18)21-6-9(19)17-4-3-13-12(17)20/h5H,3-4,6H2,1-2H3,(H,13,20). The van der Waals surface area contributed by atoms with Crippen molar-refractivity contribution in [1.82, 2.24) is 29.8 Å². The topological polar surface area (TPSA) is 92.5 Å². The summed E-state index contributed by atoms with van der Waals surface area (Å²) < 4.78 is 1.64. The fraction of sp³-hybridized carbons (Fsp3) is 0.417. The molecule has 1 aliphatic rings. The van der Waals surface area contributed by atoms with Crippen molar-refractivity contribution in [2.75, 3.05) is 18.8 Å². The van der Waals surface area contributed by atoms with Crippen molar-refractivity contribution in [2.45, 2.75) is 19.0 Å². The normalized spacial score (nSPS) is 14.8. The van der Waals surface area contributed by atoms with E-state index in [1.165, 1.54) is 16.7 Å². The first kappa shape index (κ1) is 13.8. The molecule has 1 fully saturated rings. The molecule has 0 unspecified atom stereocenters. The highest BCUT2D eigenvalue weighted by Crippen LogP contribution is 2.16. The number of carbonyl (C=O) groups excluding carboxylic acids is 2. The van der Waals surface area contributed by atoms with E-state index in [0.717, 1.165) is 11.4 Å². The van der Waals surface area contributed by atoms with Gasteiger partial charge in [0.2, 0.25) is 11.1 Å². The lowest BCUT2D eigenvalue weighted by Gasteiger charge is -2.10. The molecule has 0 radical (unpaired) electrons. The van der Waals surface area contributed by atoms with Crippen molar-refractivity contribution in [3.05, 3.63) is 17.5 Å². The molecule has 8 nitrogen and oxygen atoms in total. The van der Waals surface area contributed by atoms with Crippen LogP contribution in [0.25, 0.3) is 5.78 Å². The van der Waals surface area contributed by atoms with Crippen molar-refractivity contribution in [1.29, 1.82) is 0 Å². The SMILES string of the molecule is Cc1cc(C)n2nc(SCC(=O)N3CCNC3=O)nc2n1. The number of rotatable bonds is 3. The summed E-state index contributed by atoms with van der Waals surface area (Å²) in [5, 5.41) is 7.38. The molecule has 110 valence electrons. The van der Waals surface area contributed by atoms with E-state index in [1.54, 1.807) is 4.52 Å². The number of hydrogen-bond acceptors (Lipinski definition) is 6. The molecule has 21 heavy (non-hydrogen) atoms. The van der Waals surface area contributed by atoms with Crippen molar-refractivity contribution in [3.8, 4) is 0 Å². The Balaban J connectivity index is 1.72. The minimum atomic E-state index is -0.336. The van der Waals surface area contributed by atoms with Gasteiger partial charge in [0.25, 0.3) is 5.78 Å². The van der Waals surface area contributed by atoms with Crippen molar-refractivity contribution in [3.63, 3.8) is 0 Å². The third kappa shape index (κ3) is 2.68. The molecule has 3 heterocycles. The molecule has 0 spiro atoms. The second-order valence-electron chi connectivity index (χ2n) is 4.71. The minimum absolute atomic E-state index is 0.127. The van der Waals surface area contributed by atoms with E-state index in [-0.39, 0.29) is 17.7 Å². The monoisotopic (exact) mass is 306 g/mol. The van der Waals surface area contributed by atoms with Gasteiger partial charge in [-0.15, -0.1) is 5.10 Å². The molecule has 3 amide bonds. The average molecular weight is 306 g/mol. The Hall–Kier alpha value is -2.16. The molecule has 2 aromatic rings. The van der Waals surface area contributed by atoms with Crippen LogP contribution in [-0.2, 0) is 4.79 Å². The largest absolute Gasteiger partial charge is 0.336 e. The van der Waals surface area contributed by atoms with E-state index in [4.69, 9.17) is 0 Å². The summed E-state index contributed by atoms with van der Waals surface area (Å²) in [4.78, 5) is 33.1. The summed E-state index contributed by atoms with van der Waals surface area (Å²) in [5.41, 5.74) is 1.80. The Morgan fingerprint density at radius 2 is 2.24 bits per heavy atom. The lowest BCUT2D eigenvalue weighted by atomic mass is 10.4. The van der Waals surface area contributed by atoms with E-state index in [1.807, 2.05) is 19.9 Å². The van der Waals surface area contributed by atoms with Gasteiger partial charge in [0.15, 0.2) is 0 Å². The van der Waals surface area contributed by atoms with Gasteiger partial charge in [0, 0.05) is 24.5 Å². The van der Waals surface area contributed by atoms with Crippen LogP contribution < -0.4 is 5.32 Å². The third-order valence-corrected chi connectivity index (χ3v) is 3.90. The zero-order valence-corrected chi connectivity index (χ0v) is 12.5. The van der Waals surface area contributed by atoms with Crippen molar-refractivity contribution < 1.29 is 9.59 Å². The van der Waals surface area contributed by atoms with Crippen molar-refractivity contribution in [2.24, 2.45) is 0 Å². The lowest BCUT2D eigenvalue weighted by Crippen LogP contribution is -2.35. The summed E-state index contributed by atoms with van der Waals surface area (Å²) in [5.74, 6) is 0.401. The predicted molar refractivity (Wildman–Crippen MR) is 76.1 cm³/mol. The van der Waals surface area contributed by atoms with Crippen LogP contribution in [0.4, 0.5) is 4.79 Å². The number of hydrogen-bond donors (Lipinski definition) is 1. The molecule has 1 aliphatic heterocycles. The van der Waals surface area contributed by atoms with E-state index in [0.29, 0.717) is 24.0 Å². The maximum Gasteiger partial charge on any atom is 0.324 e. The third-order valence-electron chi connectivity index (χ3n) is 3.08. The molecule has 1 N–H and O–H groups in total. The van der Waals surface area contributed by atoms with Crippen LogP contribution in [0.2, 0.25) is 0 Å². The Morgan fingerprint density at radius 3 is 2.95 bits per heavy atom. The summed E-state index contributed by atoms with van der Waals surface area (Å²) in [6.07, 6.45) is 0. The quantitative estimate of drug-likeness (QED) is 0.824. The Kier molecular flexibility index (Phi) is 3.50. The van der Waals surface area contributed by atoms with E-state index in [2.05, 4.69) is 20.4 Å². The number of thioether (sulfide) groups is 1. The van der Waals surface area contributed by atoms with Gasteiger partial charge >= 0.3 is 6.03 Å². The van der Waals surface area contributed by atoms with E-state index < -0.39 is 0 Å². The smallest absolute Gasteiger partial charge is 0.324 e. The van der Waals surface area contributed by atoms with Crippen LogP contribution >= 0.6 is 11.8 Å². The number of imide groups is 1. The maximum absolute atomic E-state index is 11.9. The molecule has 1 saturated heterocycles. The zero-order chi connectivity index (χ0) is 15.0. The summed E-state index contributed by atoms with van der Waals surface area (Å²) in [6, 6.07) is 1.58. The Bertz CT molecular complexity index is 728. The second kappa shape index (κ2) is 5.32. The Labute approximate surface area is 124 Å². The number of urea groups is 1. The molecule has 3 rings (SSSR count). The van der Waals surface area contributed by atoms with Crippen LogP contribution in [0.5, 0.6) is 0 Å². The first-order chi connectivity index (χ1) is 10.0. The fourth-order valence-corrected chi connectivity index (χ4v) is 2.82. The number of carbonyl (C=O) groups is 2. The molecule has 0 aromatic carbocycles. The van der Waals surface area contributed by atoms with Crippen LogP contribution in [-0.4, -0.2) is 55.3 Å². The highest BCUT2D eigenvalue weighted by Gasteiger charge is 2.26. The van der Waals surface area contributed by atoms with Crippen LogP contribution in [0.1, 0.15) is 11.4 Å². The predicted octanol–water partition coefficient (Wildman–Crippen LogP) is 0.385. The molecule has 0 bridgehead atoms. The van der Waals surface area contributed by atoms with Crippen LogP contribution in [0.15, 0.2) is 11.2 Å². The molecule has 0 aliphatic carbocycles.